The number of nitrogens with zero attached hydrogens (tertiary/aromatic N) is 7. The van der Waals surface area contributed by atoms with E-state index in [4.69, 9.17) is 37.8 Å². The number of carbonyl (C=O) groups is 8. The molecule has 9 heterocycles. The Balaban J connectivity index is 0.000000220. The third-order valence-corrected chi connectivity index (χ3v) is 24.8. The second kappa shape index (κ2) is 36.7. The Kier molecular flexibility index (Phi) is 27.7. The molecular formula is C84H109FN10O22S. The third-order valence-electron chi connectivity index (χ3n) is 23.2. The maximum Gasteiger partial charge on any atom is 0.414 e. The number of nitrogens with one attached hydrogen (secondary N) is 3. The van der Waals surface area contributed by atoms with Crippen LogP contribution in [0.2, 0.25) is 0 Å². The first-order valence-corrected chi connectivity index (χ1v) is 40.7. The Bertz CT molecular complexity index is 4840. The lowest BCUT2D eigenvalue weighted by atomic mass is 9.78. The number of β-lactam (4-membered cyclic amide) rings is 1. The van der Waals surface area contributed by atoms with E-state index in [2.05, 4.69) is 39.6 Å². The number of carboxylic acid groups (broad SMARTS) is 1. The van der Waals surface area contributed by atoms with Crippen LogP contribution in [0.4, 0.5) is 31.9 Å². The highest BCUT2D eigenvalue weighted by Crippen LogP contribution is 2.54. The van der Waals surface area contributed by atoms with E-state index in [-0.39, 0.29) is 133 Å². The van der Waals surface area contributed by atoms with Crippen LogP contribution in [-0.4, -0.2) is 257 Å². The van der Waals surface area contributed by atoms with Gasteiger partial charge in [0.2, 0.25) is 23.2 Å². The number of ketones is 1. The Morgan fingerprint density at radius 3 is 2.20 bits per heavy atom. The first-order valence-electron chi connectivity index (χ1n) is 39.8. The number of rotatable bonds is 14. The number of aliphatic hydroxyl groups is 3. The van der Waals surface area contributed by atoms with Gasteiger partial charge in [-0.1, -0.05) is 66.7 Å². The molecule has 0 unspecified atom stereocenters. The molecule has 9 aliphatic heterocycles. The number of fused-ring (bicyclic) bond motifs is 3. The van der Waals surface area contributed by atoms with Gasteiger partial charge in [0, 0.05) is 168 Å². The number of aliphatic hydroxyl groups excluding tert-OH is 3. The van der Waals surface area contributed by atoms with Crippen LogP contribution in [0, 0.1) is 54.2 Å². The third kappa shape index (κ3) is 18.3. The molecule has 5 saturated heterocycles. The number of halogens is 1. The summed E-state index contributed by atoms with van der Waals surface area (Å²) in [4.78, 5) is 132. The van der Waals surface area contributed by atoms with Crippen molar-refractivity contribution in [3.8, 4) is 28.7 Å². The number of phenolic OH excluding ortho intramolecular Hbond substituents is 2. The summed E-state index contributed by atoms with van der Waals surface area (Å²) in [5.41, 5.74) is 0.344. The summed E-state index contributed by atoms with van der Waals surface area (Å²) in [6.45, 7) is 29.2. The Hall–Kier alpha value is -9.94. The van der Waals surface area contributed by atoms with Crippen molar-refractivity contribution < 1.29 is 106 Å². The van der Waals surface area contributed by atoms with Gasteiger partial charge in [0.1, 0.15) is 57.9 Å². The van der Waals surface area contributed by atoms with Crippen LogP contribution >= 0.6 is 11.8 Å². The Labute approximate surface area is 687 Å². The molecule has 32 nitrogen and oxygen atoms in total. The van der Waals surface area contributed by atoms with Crippen molar-refractivity contribution in [1.29, 1.82) is 0 Å². The lowest BCUT2D eigenvalue weighted by Crippen LogP contribution is -2.63. The van der Waals surface area contributed by atoms with Crippen molar-refractivity contribution >= 4 is 104 Å². The van der Waals surface area contributed by atoms with E-state index in [0.717, 1.165) is 19.6 Å². The van der Waals surface area contributed by atoms with Crippen molar-refractivity contribution in [2.75, 3.05) is 120 Å². The summed E-state index contributed by atoms with van der Waals surface area (Å²) >= 11 is 1.45. The predicted molar refractivity (Wildman–Crippen MR) is 438 cm³/mol. The van der Waals surface area contributed by atoms with Gasteiger partial charge in [-0.3, -0.25) is 43.4 Å². The zero-order valence-electron chi connectivity index (χ0n) is 69.3. The number of anilines is 4. The zero-order valence-corrected chi connectivity index (χ0v) is 70.2. The number of thioether (sulfide) groups is 1. The Morgan fingerprint density at radius 1 is 0.881 bits per heavy atom. The average molecular weight is 1660 g/mol. The molecule has 0 saturated carbocycles. The molecule has 5 fully saturated rings. The topological polar surface area (TPSA) is 412 Å². The summed E-state index contributed by atoms with van der Waals surface area (Å²) in [6.07, 6.45) is 2.32. The molecule has 16 atom stereocenters. The van der Waals surface area contributed by atoms with Gasteiger partial charge in [0.25, 0.3) is 11.7 Å². The molecule has 13 rings (SSSR count). The van der Waals surface area contributed by atoms with Gasteiger partial charge in [-0.15, -0.1) is 11.8 Å². The van der Waals surface area contributed by atoms with E-state index in [1.165, 1.54) is 87.8 Å². The van der Waals surface area contributed by atoms with Gasteiger partial charge in [0.05, 0.1) is 97.3 Å². The van der Waals surface area contributed by atoms with Crippen molar-refractivity contribution in [2.45, 2.75) is 156 Å². The number of amides is 5. The van der Waals surface area contributed by atoms with Gasteiger partial charge in [0.15, 0.2) is 11.3 Å². The number of aliphatic carboxylic acids is 1. The lowest BCUT2D eigenvalue weighted by Gasteiger charge is -2.46. The van der Waals surface area contributed by atoms with Crippen LogP contribution in [0.1, 0.15) is 105 Å². The molecule has 0 radical (unpaired) electrons. The second-order valence-corrected chi connectivity index (χ2v) is 33.8. The normalized spacial score (nSPS) is 28.9. The number of aromatic hydroxyl groups is 2. The summed E-state index contributed by atoms with van der Waals surface area (Å²) in [7, 11) is 4.86. The smallest absolute Gasteiger partial charge is 0.414 e. The first kappa shape index (κ1) is 88.9. The molecule has 10 aliphatic rings. The summed E-state index contributed by atoms with van der Waals surface area (Å²) < 4.78 is 55.4. The highest BCUT2D eigenvalue weighted by molar-refractivity contribution is 8.03. The second-order valence-electron chi connectivity index (χ2n) is 32.5. The molecule has 5 amide bonds. The first-order chi connectivity index (χ1) is 55.8. The minimum absolute atomic E-state index is 0.00679. The standard InChI is InChI=1S/C51H64N4O13.C17H25N3O5S.C16H20FN3O4/c1-24(2)23-54-16-18-55(19-17-54)32-21-33(57)39-35(22-32)67-48-40(52-39)36-37-44(60)30(8)47-38(36)49(62)51(10,68-47)65-20-15-34(64-11)27(5)46(66-31(9)56)29(7)43(59)28(6)42(58)25(3)13-12-14-26(4)50(63)53-41(48)45(37)61;1-7-12-11(8(2)21)16(23)20(12)13(17(24)25)14(7)26-9-5-10(18-6-9)15(22)19(3)4;1-11(21)18-9-13-10-20(16(22)24-13)12-2-3-15(14(17)8-12)19-4-6-23-7-5-19/h12-15,20-22,24-25,27-29,34,42-43,46,57-60H,16-19,23H2,1-11H3,(H,53,63);7-12,18,21H,5-6H2,1-4H3,(H,24,25);2-3,8,13H,4-7,9-10H2,1H3,(H,18,21)/b13-12+,20-15+,26-14-;;/t25-,27+,28+,29+,34-,42-,43+,46+,51-;7-,8-,9+,10+,11-,12-;13-/m010/s1. The number of hydrogen-bond acceptors (Lipinski definition) is 27. The molecular weight excluding hydrogens is 1550 g/mol. The van der Waals surface area contributed by atoms with E-state index in [1.54, 1.807) is 90.0 Å². The van der Waals surface area contributed by atoms with E-state index in [1.807, 2.05) is 11.8 Å². The molecule has 640 valence electrons. The molecule has 34 heteroatoms. The largest absolute Gasteiger partial charge is 0.507 e. The minimum Gasteiger partial charge on any atom is -0.507 e. The summed E-state index contributed by atoms with van der Waals surface area (Å²) in [5.74, 6) is -10.0. The number of aromatic nitrogens is 1. The number of ether oxygens (including phenoxy) is 6. The number of likely N-dealkylation sites (N-methyl/N-ethyl adjacent to an activating group) is 1. The maximum atomic E-state index is 14.9. The van der Waals surface area contributed by atoms with Crippen molar-refractivity contribution in [3.63, 3.8) is 0 Å². The summed E-state index contributed by atoms with van der Waals surface area (Å²) in [6, 6.07) is 7.43. The number of methoxy groups -OCH3 is 1. The number of benzene rings is 4. The number of Topliss-reactive ketones (excluding diaryl/α,β-unsaturated/α-hetero) is 1. The number of esters is 1. The quantitative estimate of drug-likeness (QED) is 0.0229. The van der Waals surface area contributed by atoms with Crippen LogP contribution in [0.5, 0.6) is 17.2 Å². The number of hydrogen-bond donors (Lipinski definition) is 9. The van der Waals surface area contributed by atoms with E-state index in [0.29, 0.717) is 80.2 Å². The monoisotopic (exact) mass is 1660 g/mol. The van der Waals surface area contributed by atoms with Crippen LogP contribution < -0.4 is 40.8 Å². The van der Waals surface area contributed by atoms with Crippen molar-refractivity contribution in [2.24, 2.45) is 41.4 Å². The SMILES string of the molecule is CC(=O)NC[C@H]1CN(c2ccc(N3CCOCC3)c(F)c2)C(=O)O1.CO[C@H]1/C=C/O[C@@]2(C)Oc3c(C)c(O)c4c(=O)c(c5oc6cc(N7CCN(CC(C)C)CC7)cc(O)c6nc-5c4c3C2=O)NC(=O)/C(C)=C\C=C\[C@H](C)[C@H](O)[C@@H](C)[C@@H](O)[C@@H](C)[C@H](OC(C)=O)[C@@H]1C.C[C@@H](O)[C@H]1C(=O)N2C(C(=O)O)=C(S[C@@H]3CN[C@H](C(=O)N(C)C)C3)[C@H](C)[C@H]12. The van der Waals surface area contributed by atoms with Crippen LogP contribution in [0.15, 0.2) is 86.3 Å². The molecule has 4 bridgehead atoms. The fourth-order valence-electron chi connectivity index (χ4n) is 16.7. The van der Waals surface area contributed by atoms with Crippen LogP contribution in [0.25, 0.3) is 33.3 Å². The molecule has 3 aromatic rings. The van der Waals surface area contributed by atoms with Gasteiger partial charge in [-0.25, -0.2) is 19.0 Å². The molecule has 118 heavy (non-hydrogen) atoms. The number of phenols is 2. The van der Waals surface area contributed by atoms with E-state index in [9.17, 15) is 78.2 Å². The fourth-order valence-corrected chi connectivity index (χ4v) is 18.2. The van der Waals surface area contributed by atoms with Crippen molar-refractivity contribution in [1.82, 2.24) is 30.3 Å². The minimum atomic E-state index is -2.08. The number of morpholine rings is 1. The molecule has 1 aliphatic carbocycles. The molecule has 3 aromatic carbocycles. The number of carboxylic acids is 1. The van der Waals surface area contributed by atoms with Gasteiger partial charge < -0.3 is 99.0 Å². The molecule has 0 spiro atoms. The zero-order chi connectivity index (χ0) is 86.1. The number of carbonyl (C=O) groups excluding carboxylic acids is 7. The molecule has 0 aromatic heterocycles. The molecule has 9 N–H and O–H groups in total. The number of cyclic esters (lactones) is 1. The number of piperazine rings is 1. The highest BCUT2D eigenvalue weighted by Gasteiger charge is 2.60. The average Bonchev–Trinajstić information content (AvgIpc) is 1.27. The van der Waals surface area contributed by atoms with Crippen LogP contribution in [0.3, 0.4) is 0 Å². The highest BCUT2D eigenvalue weighted by atomic mass is 32.2. The Morgan fingerprint density at radius 2 is 1.58 bits per heavy atom. The van der Waals surface area contributed by atoms with Crippen molar-refractivity contribution in [3.05, 3.63) is 104 Å². The van der Waals surface area contributed by atoms with Gasteiger partial charge in [-0.05, 0) is 57.4 Å². The number of allylic oxidation sites excluding steroid dienone is 2. The van der Waals surface area contributed by atoms with Gasteiger partial charge >= 0.3 is 23.8 Å². The summed E-state index contributed by atoms with van der Waals surface area (Å²) in [5, 5.41) is 74.1. The van der Waals surface area contributed by atoms with E-state index >= 15 is 0 Å². The van der Waals surface area contributed by atoms with Gasteiger partial charge in [-0.2, -0.15) is 0 Å². The maximum absolute atomic E-state index is 14.9. The lowest BCUT2D eigenvalue weighted by molar-refractivity contribution is -0.163. The van der Waals surface area contributed by atoms with E-state index < -0.39 is 113 Å². The fraction of sp³-hybridized carbons (Fsp3) is 0.548. The van der Waals surface area contributed by atoms with Crippen LogP contribution in [-0.2, 0) is 52.5 Å². The predicted octanol–water partition coefficient (Wildman–Crippen LogP) is 7.25.